The summed E-state index contributed by atoms with van der Waals surface area (Å²) < 4.78 is 33.1. The number of furan rings is 1. The first-order valence-corrected chi connectivity index (χ1v) is 9.18. The van der Waals surface area contributed by atoms with Crippen LogP contribution in [0, 0.1) is 18.8 Å². The molecule has 0 bridgehead atoms. The summed E-state index contributed by atoms with van der Waals surface area (Å²) in [5, 5.41) is 2.99. The Morgan fingerprint density at radius 3 is 2.29 bits per heavy atom. The van der Waals surface area contributed by atoms with E-state index in [1.54, 1.807) is 17.3 Å². The Bertz CT molecular complexity index is 586. The minimum Gasteiger partial charge on any atom is -0.464 e. The fraction of sp³-hybridized carbons (Fsp3) is 0.733. The summed E-state index contributed by atoms with van der Waals surface area (Å²) in [6.07, 6.45) is 4.64. The van der Waals surface area contributed by atoms with Gasteiger partial charge in [0.05, 0.1) is 6.54 Å². The molecule has 118 valence electrons. The molecule has 2 aliphatic rings. The van der Waals surface area contributed by atoms with Gasteiger partial charge in [0.25, 0.3) is 0 Å². The molecular weight excluding hydrogens is 288 g/mol. The maximum absolute atomic E-state index is 12.9. The zero-order valence-electron chi connectivity index (χ0n) is 12.8. The summed E-state index contributed by atoms with van der Waals surface area (Å²) in [5.41, 5.74) is 0. The summed E-state index contributed by atoms with van der Waals surface area (Å²) in [6, 6.07) is 1.67. The zero-order valence-corrected chi connectivity index (χ0v) is 13.6. The van der Waals surface area contributed by atoms with E-state index in [-0.39, 0.29) is 0 Å². The van der Waals surface area contributed by atoms with Crippen molar-refractivity contribution in [1.82, 2.24) is 9.62 Å². The van der Waals surface area contributed by atoms with Crippen LogP contribution in [-0.4, -0.2) is 32.9 Å². The molecule has 3 rings (SSSR count). The average Bonchev–Trinajstić information content (AvgIpc) is 3.32. The first-order valence-electron chi connectivity index (χ1n) is 7.74. The van der Waals surface area contributed by atoms with E-state index in [1.165, 1.54) is 0 Å². The van der Waals surface area contributed by atoms with E-state index in [0.29, 0.717) is 47.9 Å². The normalized spacial score (nSPS) is 19.4. The van der Waals surface area contributed by atoms with Crippen LogP contribution in [0.2, 0.25) is 0 Å². The highest BCUT2D eigenvalue weighted by atomic mass is 32.2. The minimum absolute atomic E-state index is 0.342. The highest BCUT2D eigenvalue weighted by Gasteiger charge is 2.37. The van der Waals surface area contributed by atoms with Crippen LogP contribution in [0.25, 0.3) is 0 Å². The Kier molecular flexibility index (Phi) is 4.12. The Morgan fingerprint density at radius 2 is 1.81 bits per heavy atom. The van der Waals surface area contributed by atoms with Crippen molar-refractivity contribution in [3.05, 3.63) is 17.6 Å². The maximum atomic E-state index is 12.9. The zero-order chi connectivity index (χ0) is 15.0. The van der Waals surface area contributed by atoms with Crippen molar-refractivity contribution in [3.8, 4) is 0 Å². The SMILES string of the molecule is CNCc1cc(S(=O)(=O)N(CC2CC2)CC2CC2)c(C)o1. The van der Waals surface area contributed by atoms with Gasteiger partial charge in [-0.15, -0.1) is 0 Å². The van der Waals surface area contributed by atoms with E-state index < -0.39 is 10.0 Å². The largest absolute Gasteiger partial charge is 0.464 e. The molecule has 1 aromatic rings. The molecule has 0 spiro atoms. The Morgan fingerprint density at radius 1 is 1.24 bits per heavy atom. The topological polar surface area (TPSA) is 62.6 Å². The summed E-state index contributed by atoms with van der Waals surface area (Å²) in [6.45, 7) is 3.62. The highest BCUT2D eigenvalue weighted by Crippen LogP contribution is 2.36. The molecule has 0 unspecified atom stereocenters. The molecule has 21 heavy (non-hydrogen) atoms. The Labute approximate surface area is 126 Å². The number of hydrogen-bond donors (Lipinski definition) is 1. The first kappa shape index (κ1) is 15.1. The lowest BCUT2D eigenvalue weighted by molar-refractivity contribution is 0.380. The van der Waals surface area contributed by atoms with Gasteiger partial charge in [0.15, 0.2) is 0 Å². The van der Waals surface area contributed by atoms with Crippen molar-refractivity contribution < 1.29 is 12.8 Å². The molecule has 0 aliphatic heterocycles. The second-order valence-corrected chi connectivity index (χ2v) is 8.28. The van der Waals surface area contributed by atoms with Gasteiger partial charge in [-0.05, 0) is 51.5 Å². The van der Waals surface area contributed by atoms with Crippen LogP contribution in [0.15, 0.2) is 15.4 Å². The van der Waals surface area contributed by atoms with Gasteiger partial charge < -0.3 is 9.73 Å². The summed E-state index contributed by atoms with van der Waals surface area (Å²) in [7, 11) is -1.61. The van der Waals surface area contributed by atoms with Crippen LogP contribution in [-0.2, 0) is 16.6 Å². The molecule has 5 nitrogen and oxygen atoms in total. The predicted molar refractivity (Wildman–Crippen MR) is 80.4 cm³/mol. The van der Waals surface area contributed by atoms with Crippen LogP contribution in [0.1, 0.15) is 37.2 Å². The van der Waals surface area contributed by atoms with Crippen molar-refractivity contribution in [2.75, 3.05) is 20.1 Å². The number of hydrogen-bond acceptors (Lipinski definition) is 4. The predicted octanol–water partition coefficient (Wildman–Crippen LogP) is 2.12. The monoisotopic (exact) mass is 312 g/mol. The smallest absolute Gasteiger partial charge is 0.246 e. The molecule has 1 aromatic heterocycles. The molecule has 1 heterocycles. The van der Waals surface area contributed by atoms with Crippen molar-refractivity contribution in [1.29, 1.82) is 0 Å². The van der Waals surface area contributed by atoms with E-state index in [2.05, 4.69) is 5.32 Å². The Balaban J connectivity index is 1.84. The average molecular weight is 312 g/mol. The van der Waals surface area contributed by atoms with Crippen LogP contribution < -0.4 is 5.32 Å². The number of aryl methyl sites for hydroxylation is 1. The first-order chi connectivity index (χ1) is 10.0. The third-order valence-corrected chi connectivity index (χ3v) is 6.15. The van der Waals surface area contributed by atoms with E-state index in [1.807, 2.05) is 7.05 Å². The third-order valence-electron chi connectivity index (χ3n) is 4.21. The molecule has 0 amide bonds. The second-order valence-electron chi connectivity index (χ2n) is 6.37. The standard InChI is InChI=1S/C15H24N2O3S/c1-11-15(7-14(20-11)8-16-2)21(18,19)17(9-12-3-4-12)10-13-5-6-13/h7,12-13,16H,3-6,8-10H2,1-2H3. The van der Waals surface area contributed by atoms with Gasteiger partial charge in [0.2, 0.25) is 10.0 Å². The molecule has 2 fully saturated rings. The molecular formula is C15H24N2O3S. The number of rotatable bonds is 8. The van der Waals surface area contributed by atoms with E-state index in [0.717, 1.165) is 25.7 Å². The van der Waals surface area contributed by atoms with Gasteiger partial charge in [-0.25, -0.2) is 8.42 Å². The van der Waals surface area contributed by atoms with Gasteiger partial charge in [-0.3, -0.25) is 0 Å². The van der Waals surface area contributed by atoms with Crippen molar-refractivity contribution >= 4 is 10.0 Å². The lowest BCUT2D eigenvalue weighted by Gasteiger charge is -2.21. The molecule has 0 atom stereocenters. The fourth-order valence-electron chi connectivity index (χ4n) is 2.63. The molecule has 0 saturated heterocycles. The van der Waals surface area contributed by atoms with Crippen LogP contribution >= 0.6 is 0 Å². The summed E-state index contributed by atoms with van der Waals surface area (Å²) in [5.74, 6) is 2.29. The Hall–Kier alpha value is -0.850. The number of nitrogens with one attached hydrogen (secondary N) is 1. The molecule has 6 heteroatoms. The minimum atomic E-state index is -3.43. The van der Waals surface area contributed by atoms with Gasteiger partial charge in [-0.1, -0.05) is 0 Å². The van der Waals surface area contributed by atoms with Gasteiger partial charge in [-0.2, -0.15) is 4.31 Å². The quantitative estimate of drug-likeness (QED) is 0.798. The van der Waals surface area contributed by atoms with Crippen LogP contribution in [0.3, 0.4) is 0 Å². The number of nitrogens with zero attached hydrogens (tertiary/aromatic N) is 1. The fourth-order valence-corrected chi connectivity index (χ4v) is 4.41. The van der Waals surface area contributed by atoms with Gasteiger partial charge in [0.1, 0.15) is 16.4 Å². The third kappa shape index (κ3) is 3.49. The molecule has 0 aromatic carbocycles. The van der Waals surface area contributed by atoms with Crippen LogP contribution in [0.4, 0.5) is 0 Å². The van der Waals surface area contributed by atoms with Crippen molar-refractivity contribution in [2.45, 2.75) is 44.0 Å². The lowest BCUT2D eigenvalue weighted by atomic mass is 10.4. The van der Waals surface area contributed by atoms with E-state index in [9.17, 15) is 8.42 Å². The molecule has 1 N–H and O–H groups in total. The molecule has 2 saturated carbocycles. The summed E-state index contributed by atoms with van der Waals surface area (Å²) >= 11 is 0. The molecule has 2 aliphatic carbocycles. The molecule has 0 radical (unpaired) electrons. The van der Waals surface area contributed by atoms with Crippen molar-refractivity contribution in [2.24, 2.45) is 11.8 Å². The maximum Gasteiger partial charge on any atom is 0.246 e. The highest BCUT2D eigenvalue weighted by molar-refractivity contribution is 7.89. The second kappa shape index (κ2) is 5.74. The van der Waals surface area contributed by atoms with E-state index in [4.69, 9.17) is 4.42 Å². The van der Waals surface area contributed by atoms with Crippen LogP contribution in [0.5, 0.6) is 0 Å². The lowest BCUT2D eigenvalue weighted by Crippen LogP contribution is -2.34. The van der Waals surface area contributed by atoms with E-state index >= 15 is 0 Å². The summed E-state index contributed by atoms with van der Waals surface area (Å²) in [4.78, 5) is 0.342. The van der Waals surface area contributed by atoms with Crippen molar-refractivity contribution in [3.63, 3.8) is 0 Å². The van der Waals surface area contributed by atoms with Gasteiger partial charge in [0, 0.05) is 19.2 Å². The van der Waals surface area contributed by atoms with Gasteiger partial charge >= 0.3 is 0 Å². The number of sulfonamides is 1.